The van der Waals surface area contributed by atoms with Crippen LogP contribution in [0.1, 0.15) is 234 Å². The summed E-state index contributed by atoms with van der Waals surface area (Å²) < 4.78 is 32.2. The van der Waals surface area contributed by atoms with Crippen LogP contribution < -0.4 is 23.7 Å². The Bertz CT molecular complexity index is 2010. The third-order valence-electron chi connectivity index (χ3n) is 12.8. The molecule has 0 aliphatic heterocycles. The average Bonchev–Trinajstić information content (AvgIpc) is 3.88. The summed E-state index contributed by atoms with van der Waals surface area (Å²) >= 11 is 0. The molecule has 0 aliphatic rings. The van der Waals surface area contributed by atoms with Crippen molar-refractivity contribution >= 4 is 17.6 Å². The van der Waals surface area contributed by atoms with Gasteiger partial charge in [0.15, 0.2) is 17.2 Å². The molecular weight excluding hydrogens is 897 g/mol. The lowest BCUT2D eigenvalue weighted by atomic mass is 10.1. The van der Waals surface area contributed by atoms with E-state index in [1.807, 2.05) is 0 Å². The number of unbranched alkanes of at least 4 members (excludes halogenated alkanes) is 27. The van der Waals surface area contributed by atoms with E-state index in [-0.39, 0.29) is 28.4 Å². The lowest BCUT2D eigenvalue weighted by Crippen LogP contribution is -2.12. The van der Waals surface area contributed by atoms with E-state index in [2.05, 4.69) is 31.1 Å². The number of ether oxygens (including phenoxy) is 5. The van der Waals surface area contributed by atoms with Crippen molar-refractivity contribution in [3.8, 4) is 34.4 Å². The summed E-state index contributed by atoms with van der Waals surface area (Å²) in [7, 11) is 0. The molecular formula is C58H86N4O9. The van der Waals surface area contributed by atoms with Crippen LogP contribution in [0, 0.1) is 10.1 Å². The number of nitro groups is 1. The van der Waals surface area contributed by atoms with Gasteiger partial charge >= 0.3 is 11.9 Å². The number of nitrogens with zero attached hydrogens (tertiary/aromatic N) is 4. The average molecular weight is 983 g/mol. The third kappa shape index (κ3) is 24.0. The van der Waals surface area contributed by atoms with Crippen molar-refractivity contribution in [2.75, 3.05) is 19.8 Å². The number of hydrogen-bond donors (Lipinski definition) is 0. The molecule has 0 N–H and O–H groups in total. The highest BCUT2D eigenvalue weighted by atomic mass is 16.6. The second-order valence-corrected chi connectivity index (χ2v) is 19.0. The summed E-state index contributed by atoms with van der Waals surface area (Å²) in [5.74, 6) is 0.604. The normalized spacial score (nSPS) is 11.1. The van der Waals surface area contributed by atoms with Gasteiger partial charge in [0.05, 0.1) is 42.2 Å². The summed E-state index contributed by atoms with van der Waals surface area (Å²) in [5.41, 5.74) is 0.633. The maximum atomic E-state index is 13.9. The maximum Gasteiger partial charge on any atom is 0.365 e. The summed E-state index contributed by atoms with van der Waals surface area (Å²) in [6.45, 7) is 8.28. The van der Waals surface area contributed by atoms with Crippen LogP contribution in [-0.2, 0) is 0 Å². The molecule has 0 saturated heterocycles. The van der Waals surface area contributed by atoms with Crippen LogP contribution in [-0.4, -0.2) is 51.7 Å². The number of carbonyl (C=O) groups excluding carboxylic acids is 2. The molecule has 0 aliphatic carbocycles. The van der Waals surface area contributed by atoms with Gasteiger partial charge in [0.1, 0.15) is 11.5 Å². The molecule has 4 aromatic rings. The van der Waals surface area contributed by atoms with Crippen LogP contribution in [0.25, 0.3) is 5.69 Å². The van der Waals surface area contributed by atoms with Crippen molar-refractivity contribution in [3.63, 3.8) is 0 Å². The van der Waals surface area contributed by atoms with Crippen molar-refractivity contribution in [1.82, 2.24) is 15.0 Å². The Balaban J connectivity index is 1.41. The molecule has 0 atom stereocenters. The predicted octanol–water partition coefficient (Wildman–Crippen LogP) is 16.5. The Hall–Kier alpha value is -5.46. The Labute approximate surface area is 425 Å². The van der Waals surface area contributed by atoms with Gasteiger partial charge in [-0.2, -0.15) is 0 Å². The van der Waals surface area contributed by atoms with Crippen molar-refractivity contribution in [3.05, 3.63) is 88.2 Å². The molecule has 0 fully saturated rings. The standard InChI is InChI=1S/C58H86N4O9/c1-4-7-10-13-16-19-22-25-28-31-42-67-54-45-48(57(63)70-51-38-40-52(41-39-51)71-58(64)53-47-61(60-59-53)49-34-36-50(37-35-49)62(65)66)46-55(68-43-32-29-26-23-20-17-14-11-8-5-2)56(54)69-44-33-30-27-24-21-18-15-12-9-6-3/h34-41,45-47H,4-33,42-44H2,1-3H3. The number of nitro benzene ring substituents is 1. The van der Waals surface area contributed by atoms with E-state index in [9.17, 15) is 19.7 Å². The topological polar surface area (TPSA) is 154 Å². The zero-order valence-electron chi connectivity index (χ0n) is 43.6. The third-order valence-corrected chi connectivity index (χ3v) is 12.8. The molecule has 392 valence electrons. The number of esters is 2. The van der Waals surface area contributed by atoms with Gasteiger partial charge in [0.25, 0.3) is 5.69 Å². The van der Waals surface area contributed by atoms with Gasteiger partial charge in [-0.3, -0.25) is 10.1 Å². The first-order valence-corrected chi connectivity index (χ1v) is 27.6. The Morgan fingerprint density at radius 1 is 0.493 bits per heavy atom. The minimum Gasteiger partial charge on any atom is -0.490 e. The van der Waals surface area contributed by atoms with Gasteiger partial charge in [-0.05, 0) is 67.8 Å². The molecule has 71 heavy (non-hydrogen) atoms. The minimum atomic E-state index is -0.756. The second kappa shape index (κ2) is 36.5. The zero-order chi connectivity index (χ0) is 50.6. The first kappa shape index (κ1) is 58.1. The summed E-state index contributed by atoms with van der Waals surface area (Å²) in [6.07, 6.45) is 38.1. The smallest absolute Gasteiger partial charge is 0.365 e. The molecule has 13 nitrogen and oxygen atoms in total. The molecule has 1 aromatic heterocycles. The Kier molecular flexibility index (Phi) is 29.8. The van der Waals surface area contributed by atoms with Gasteiger partial charge in [-0.25, -0.2) is 14.3 Å². The Morgan fingerprint density at radius 2 is 0.859 bits per heavy atom. The fourth-order valence-corrected chi connectivity index (χ4v) is 8.47. The van der Waals surface area contributed by atoms with Gasteiger partial charge in [0, 0.05) is 12.1 Å². The van der Waals surface area contributed by atoms with E-state index >= 15 is 0 Å². The predicted molar refractivity (Wildman–Crippen MR) is 283 cm³/mol. The van der Waals surface area contributed by atoms with Gasteiger partial charge < -0.3 is 23.7 Å². The molecule has 0 saturated carbocycles. The van der Waals surface area contributed by atoms with Crippen LogP contribution >= 0.6 is 0 Å². The molecule has 0 bridgehead atoms. The van der Waals surface area contributed by atoms with Crippen LogP contribution in [0.5, 0.6) is 28.7 Å². The lowest BCUT2D eigenvalue weighted by molar-refractivity contribution is -0.384. The number of carbonyl (C=O) groups is 2. The summed E-state index contributed by atoms with van der Waals surface area (Å²) in [4.78, 5) is 37.4. The largest absolute Gasteiger partial charge is 0.490 e. The molecule has 4 rings (SSSR count). The fourth-order valence-electron chi connectivity index (χ4n) is 8.47. The molecule has 0 amide bonds. The number of benzene rings is 3. The van der Waals surface area contributed by atoms with E-state index < -0.39 is 16.9 Å². The van der Waals surface area contributed by atoms with Crippen molar-refractivity contribution in [2.24, 2.45) is 0 Å². The van der Waals surface area contributed by atoms with E-state index in [0.29, 0.717) is 42.8 Å². The minimum absolute atomic E-state index is 0.0628. The van der Waals surface area contributed by atoms with Gasteiger partial charge in [0.2, 0.25) is 5.75 Å². The highest BCUT2D eigenvalue weighted by Gasteiger charge is 2.21. The quantitative estimate of drug-likeness (QED) is 0.0137. The molecule has 3 aromatic carbocycles. The summed E-state index contributed by atoms with van der Waals surface area (Å²) in [6, 6.07) is 15.2. The monoisotopic (exact) mass is 983 g/mol. The number of non-ortho nitro benzene ring substituents is 1. The lowest BCUT2D eigenvalue weighted by Gasteiger charge is -2.19. The first-order chi connectivity index (χ1) is 34.8. The van der Waals surface area contributed by atoms with Crippen LogP contribution in [0.15, 0.2) is 66.9 Å². The number of hydrogen-bond acceptors (Lipinski definition) is 11. The number of rotatable bonds is 42. The van der Waals surface area contributed by atoms with Gasteiger partial charge in [-0.15, -0.1) is 5.10 Å². The van der Waals surface area contributed by atoms with Crippen LogP contribution in [0.4, 0.5) is 5.69 Å². The second-order valence-electron chi connectivity index (χ2n) is 19.0. The summed E-state index contributed by atoms with van der Waals surface area (Å²) in [5, 5.41) is 18.9. The molecule has 0 radical (unpaired) electrons. The van der Waals surface area contributed by atoms with E-state index in [1.165, 1.54) is 201 Å². The van der Waals surface area contributed by atoms with Crippen molar-refractivity contribution in [1.29, 1.82) is 0 Å². The fraction of sp³-hybridized carbons (Fsp3) is 0.621. The Morgan fingerprint density at radius 3 is 1.25 bits per heavy atom. The van der Waals surface area contributed by atoms with Crippen LogP contribution in [0.3, 0.4) is 0 Å². The highest BCUT2D eigenvalue weighted by molar-refractivity contribution is 5.93. The zero-order valence-corrected chi connectivity index (χ0v) is 43.6. The molecule has 0 unspecified atom stereocenters. The van der Waals surface area contributed by atoms with E-state index in [0.717, 1.165) is 38.5 Å². The molecule has 13 heteroatoms. The SMILES string of the molecule is CCCCCCCCCCCCOc1cc(C(=O)Oc2ccc(OC(=O)c3cn(-c4ccc([N+](=O)[O-])cc4)nn3)cc2)cc(OCCCCCCCCCCCC)c1OCCCCCCCCCCCC. The highest BCUT2D eigenvalue weighted by Crippen LogP contribution is 2.40. The number of aromatic nitrogens is 3. The van der Waals surface area contributed by atoms with E-state index in [1.54, 1.807) is 24.3 Å². The molecule has 0 spiro atoms. The first-order valence-electron chi connectivity index (χ1n) is 27.6. The van der Waals surface area contributed by atoms with Crippen molar-refractivity contribution in [2.45, 2.75) is 213 Å². The van der Waals surface area contributed by atoms with Gasteiger partial charge in [-0.1, -0.05) is 199 Å². The van der Waals surface area contributed by atoms with Crippen LogP contribution in [0.2, 0.25) is 0 Å². The maximum absolute atomic E-state index is 13.9. The van der Waals surface area contributed by atoms with E-state index in [4.69, 9.17) is 23.7 Å². The van der Waals surface area contributed by atoms with Crippen molar-refractivity contribution < 1.29 is 38.2 Å². The molecule has 1 heterocycles.